The van der Waals surface area contributed by atoms with E-state index in [4.69, 9.17) is 10.4 Å². The highest BCUT2D eigenvalue weighted by atomic mass is 16.3. The lowest BCUT2D eigenvalue weighted by atomic mass is 9.98. The van der Waals surface area contributed by atoms with E-state index in [1.54, 1.807) is 24.3 Å². The molecule has 0 aliphatic carbocycles. The lowest BCUT2D eigenvalue weighted by molar-refractivity contribution is -0.117. The Morgan fingerprint density at radius 2 is 2.10 bits per heavy atom. The number of amides is 1. The van der Waals surface area contributed by atoms with E-state index in [1.165, 1.54) is 0 Å². The smallest absolute Gasteiger partial charge is 0.238 e. The number of carbonyl (C=O) groups is 1. The third-order valence-corrected chi connectivity index (χ3v) is 3.65. The maximum absolute atomic E-state index is 12.0. The zero-order chi connectivity index (χ0) is 14.4. The number of anilines is 1. The number of para-hydroxylation sites is 1. The van der Waals surface area contributed by atoms with Crippen molar-refractivity contribution < 1.29 is 9.90 Å². The summed E-state index contributed by atoms with van der Waals surface area (Å²) in [6.45, 7) is 2.23. The van der Waals surface area contributed by atoms with Crippen LogP contribution in [0.4, 0.5) is 5.69 Å². The molecule has 5 nitrogen and oxygen atoms in total. The van der Waals surface area contributed by atoms with Gasteiger partial charge in [-0.3, -0.25) is 9.69 Å². The van der Waals surface area contributed by atoms with Crippen molar-refractivity contribution in [3.63, 3.8) is 0 Å². The first-order valence-electron chi connectivity index (χ1n) is 6.85. The van der Waals surface area contributed by atoms with E-state index in [0.29, 0.717) is 23.7 Å². The van der Waals surface area contributed by atoms with Gasteiger partial charge in [0.05, 0.1) is 17.8 Å². The van der Waals surface area contributed by atoms with Gasteiger partial charge in [0.25, 0.3) is 0 Å². The molecule has 1 aliphatic heterocycles. The molecule has 1 aliphatic rings. The second-order valence-electron chi connectivity index (χ2n) is 5.11. The molecule has 1 heterocycles. The standard InChI is InChI=1S/C15H19N3O2/c16-9-13-3-1-2-4-14(13)17-15(20)10-18-7-5-12(11-19)6-8-18/h1-4,12,19H,5-8,10-11H2,(H,17,20). The average molecular weight is 273 g/mol. The second kappa shape index (κ2) is 7.04. The molecule has 1 fully saturated rings. The van der Waals surface area contributed by atoms with E-state index in [9.17, 15) is 4.79 Å². The third kappa shape index (κ3) is 3.80. The van der Waals surface area contributed by atoms with Gasteiger partial charge < -0.3 is 10.4 Å². The molecule has 1 aromatic rings. The number of aliphatic hydroxyl groups is 1. The van der Waals surface area contributed by atoms with Gasteiger partial charge in [-0.05, 0) is 44.0 Å². The zero-order valence-corrected chi connectivity index (χ0v) is 11.4. The molecule has 0 saturated carbocycles. The molecule has 2 rings (SSSR count). The molecular weight excluding hydrogens is 254 g/mol. The Labute approximate surface area is 118 Å². The highest BCUT2D eigenvalue weighted by Gasteiger charge is 2.20. The van der Waals surface area contributed by atoms with Crippen LogP contribution in [-0.4, -0.2) is 42.2 Å². The van der Waals surface area contributed by atoms with Crippen molar-refractivity contribution in [3.8, 4) is 6.07 Å². The number of rotatable bonds is 4. The largest absolute Gasteiger partial charge is 0.396 e. The fraction of sp³-hybridized carbons (Fsp3) is 0.467. The molecule has 1 aromatic carbocycles. The summed E-state index contributed by atoms with van der Waals surface area (Å²) < 4.78 is 0. The van der Waals surface area contributed by atoms with Crippen molar-refractivity contribution in [2.24, 2.45) is 5.92 Å². The van der Waals surface area contributed by atoms with Crippen molar-refractivity contribution >= 4 is 11.6 Å². The van der Waals surface area contributed by atoms with E-state index in [1.807, 2.05) is 0 Å². The highest BCUT2D eigenvalue weighted by molar-refractivity contribution is 5.93. The van der Waals surface area contributed by atoms with Crippen molar-refractivity contribution in [2.45, 2.75) is 12.8 Å². The molecule has 5 heteroatoms. The molecule has 0 radical (unpaired) electrons. The summed E-state index contributed by atoms with van der Waals surface area (Å²) in [6, 6.07) is 9.04. The summed E-state index contributed by atoms with van der Waals surface area (Å²) in [5.41, 5.74) is 1.03. The summed E-state index contributed by atoms with van der Waals surface area (Å²) in [6.07, 6.45) is 1.86. The lowest BCUT2D eigenvalue weighted by Crippen LogP contribution is -2.39. The molecule has 20 heavy (non-hydrogen) atoms. The van der Waals surface area contributed by atoms with E-state index in [0.717, 1.165) is 25.9 Å². The fourth-order valence-electron chi connectivity index (χ4n) is 2.41. The lowest BCUT2D eigenvalue weighted by Gasteiger charge is -2.30. The number of benzene rings is 1. The predicted molar refractivity (Wildman–Crippen MR) is 76.0 cm³/mol. The minimum Gasteiger partial charge on any atom is -0.396 e. The molecule has 0 atom stereocenters. The summed E-state index contributed by atoms with van der Waals surface area (Å²) in [5, 5.41) is 20.8. The van der Waals surface area contributed by atoms with Crippen LogP contribution in [0, 0.1) is 17.2 Å². The first-order valence-corrected chi connectivity index (χ1v) is 6.85. The molecule has 1 saturated heterocycles. The van der Waals surface area contributed by atoms with E-state index in [2.05, 4.69) is 16.3 Å². The quantitative estimate of drug-likeness (QED) is 0.864. The normalized spacial score (nSPS) is 16.6. The number of nitrogens with one attached hydrogen (secondary N) is 1. The molecule has 0 spiro atoms. The molecule has 106 valence electrons. The van der Waals surface area contributed by atoms with Crippen LogP contribution in [-0.2, 0) is 4.79 Å². The van der Waals surface area contributed by atoms with Gasteiger partial charge in [-0.15, -0.1) is 0 Å². The number of nitrogens with zero attached hydrogens (tertiary/aromatic N) is 2. The Morgan fingerprint density at radius 1 is 1.40 bits per heavy atom. The van der Waals surface area contributed by atoms with Gasteiger partial charge in [0, 0.05) is 6.61 Å². The number of hydrogen-bond acceptors (Lipinski definition) is 4. The first kappa shape index (κ1) is 14.5. The first-order chi connectivity index (χ1) is 9.72. The van der Waals surface area contributed by atoms with Crippen molar-refractivity contribution in [2.75, 3.05) is 31.6 Å². The molecule has 2 N–H and O–H groups in total. The molecule has 0 bridgehead atoms. The van der Waals surface area contributed by atoms with Crippen LogP contribution in [0.25, 0.3) is 0 Å². The van der Waals surface area contributed by atoms with Gasteiger partial charge in [-0.1, -0.05) is 12.1 Å². The number of hydrogen-bond donors (Lipinski definition) is 2. The number of carbonyl (C=O) groups excluding carboxylic acids is 1. The van der Waals surface area contributed by atoms with Crippen molar-refractivity contribution in [3.05, 3.63) is 29.8 Å². The Balaban J connectivity index is 1.86. The van der Waals surface area contributed by atoms with Crippen LogP contribution >= 0.6 is 0 Å². The Kier molecular flexibility index (Phi) is 5.10. The summed E-state index contributed by atoms with van der Waals surface area (Å²) in [4.78, 5) is 14.1. The summed E-state index contributed by atoms with van der Waals surface area (Å²) in [5.74, 6) is 0.267. The van der Waals surface area contributed by atoms with Gasteiger partial charge in [0.2, 0.25) is 5.91 Å². The van der Waals surface area contributed by atoms with Crippen LogP contribution in [0.5, 0.6) is 0 Å². The molecular formula is C15H19N3O2. The van der Waals surface area contributed by atoms with Crippen LogP contribution in [0.15, 0.2) is 24.3 Å². The van der Waals surface area contributed by atoms with E-state index < -0.39 is 0 Å². The zero-order valence-electron chi connectivity index (χ0n) is 11.4. The Morgan fingerprint density at radius 3 is 2.75 bits per heavy atom. The van der Waals surface area contributed by atoms with E-state index >= 15 is 0 Å². The van der Waals surface area contributed by atoms with Gasteiger partial charge in [0.15, 0.2) is 0 Å². The second-order valence-corrected chi connectivity index (χ2v) is 5.11. The van der Waals surface area contributed by atoms with Crippen molar-refractivity contribution in [1.82, 2.24) is 4.90 Å². The van der Waals surface area contributed by atoms with Crippen LogP contribution < -0.4 is 5.32 Å². The average Bonchev–Trinajstić information content (AvgIpc) is 2.48. The van der Waals surface area contributed by atoms with Crippen LogP contribution in [0.2, 0.25) is 0 Å². The number of likely N-dealkylation sites (tertiary alicyclic amines) is 1. The van der Waals surface area contributed by atoms with E-state index in [-0.39, 0.29) is 12.5 Å². The topological polar surface area (TPSA) is 76.4 Å². The maximum atomic E-state index is 12.0. The summed E-state index contributed by atoms with van der Waals surface area (Å²) in [7, 11) is 0. The minimum atomic E-state index is -0.102. The molecule has 0 aromatic heterocycles. The Bertz CT molecular complexity index is 502. The van der Waals surface area contributed by atoms with Gasteiger partial charge in [-0.2, -0.15) is 5.26 Å². The predicted octanol–water partition coefficient (Wildman–Crippen LogP) is 1.20. The summed E-state index contributed by atoms with van der Waals surface area (Å²) >= 11 is 0. The van der Waals surface area contributed by atoms with Crippen LogP contribution in [0.1, 0.15) is 18.4 Å². The number of piperidine rings is 1. The third-order valence-electron chi connectivity index (χ3n) is 3.65. The molecule has 0 unspecified atom stereocenters. The number of nitriles is 1. The monoisotopic (exact) mass is 273 g/mol. The SMILES string of the molecule is N#Cc1ccccc1NC(=O)CN1CCC(CO)CC1. The highest BCUT2D eigenvalue weighted by Crippen LogP contribution is 2.17. The van der Waals surface area contributed by atoms with Crippen LogP contribution in [0.3, 0.4) is 0 Å². The minimum absolute atomic E-state index is 0.102. The van der Waals surface area contributed by atoms with Gasteiger partial charge in [-0.25, -0.2) is 0 Å². The molecule has 1 amide bonds. The fourth-order valence-corrected chi connectivity index (χ4v) is 2.41. The van der Waals surface area contributed by atoms with Gasteiger partial charge >= 0.3 is 0 Å². The number of aliphatic hydroxyl groups excluding tert-OH is 1. The van der Waals surface area contributed by atoms with Crippen molar-refractivity contribution in [1.29, 1.82) is 5.26 Å². The maximum Gasteiger partial charge on any atom is 0.238 e. The van der Waals surface area contributed by atoms with Gasteiger partial charge in [0.1, 0.15) is 6.07 Å². The Hall–Kier alpha value is -1.90.